The molecule has 5 heteroatoms. The number of aliphatic imine (C=N–C) groups is 1. The summed E-state index contributed by atoms with van der Waals surface area (Å²) in [5.74, 6) is 0. The highest BCUT2D eigenvalue weighted by atomic mass is 32.1. The van der Waals surface area contributed by atoms with E-state index in [1.807, 2.05) is 0 Å². The van der Waals surface area contributed by atoms with Crippen LogP contribution < -0.4 is 5.32 Å². The molecule has 0 spiro atoms. The van der Waals surface area contributed by atoms with Crippen molar-refractivity contribution >= 4 is 92.2 Å². The minimum absolute atomic E-state index is 0.283. The molecule has 0 bridgehead atoms. The Morgan fingerprint density at radius 1 is 0.455 bits per heavy atom. The van der Waals surface area contributed by atoms with Crippen LogP contribution in [0.1, 0.15) is 11.7 Å². The normalized spacial score (nSPS) is 14.3. The summed E-state index contributed by atoms with van der Waals surface area (Å²) in [4.78, 5) is 5.67. The van der Waals surface area contributed by atoms with Gasteiger partial charge >= 0.3 is 0 Å². The van der Waals surface area contributed by atoms with Crippen molar-refractivity contribution in [1.82, 2.24) is 9.13 Å². The van der Waals surface area contributed by atoms with E-state index in [1.54, 1.807) is 11.3 Å². The molecule has 0 amide bonds. The minimum Gasteiger partial charge on any atom is -0.357 e. The Kier molecular flexibility index (Phi) is 6.53. The van der Waals surface area contributed by atoms with E-state index in [2.05, 4.69) is 196 Å². The molecule has 8 aromatic carbocycles. The summed E-state index contributed by atoms with van der Waals surface area (Å²) in [6.45, 7) is 0. The first-order valence-corrected chi connectivity index (χ1v) is 19.6. The minimum atomic E-state index is -0.283. The first-order chi connectivity index (χ1) is 27.3. The van der Waals surface area contributed by atoms with E-state index in [-0.39, 0.29) is 6.17 Å². The lowest BCUT2D eigenvalue weighted by molar-refractivity contribution is 0.761. The van der Waals surface area contributed by atoms with E-state index in [4.69, 9.17) is 4.99 Å². The van der Waals surface area contributed by atoms with Crippen molar-refractivity contribution in [3.05, 3.63) is 188 Å². The fourth-order valence-corrected chi connectivity index (χ4v) is 9.88. The van der Waals surface area contributed by atoms with E-state index in [9.17, 15) is 0 Å². The number of hydrogen-bond donors (Lipinski definition) is 1. The van der Waals surface area contributed by atoms with Crippen LogP contribution in [0.15, 0.2) is 187 Å². The van der Waals surface area contributed by atoms with Gasteiger partial charge in [-0.15, -0.1) is 11.3 Å². The second kappa shape index (κ2) is 11.8. The van der Waals surface area contributed by atoms with E-state index in [0.717, 1.165) is 27.7 Å². The topological polar surface area (TPSA) is 34.2 Å². The van der Waals surface area contributed by atoms with Crippen LogP contribution in [0.5, 0.6) is 0 Å². The average molecular weight is 721 g/mol. The van der Waals surface area contributed by atoms with Crippen molar-refractivity contribution in [2.24, 2.45) is 4.99 Å². The Labute approximate surface area is 320 Å². The van der Waals surface area contributed by atoms with Crippen LogP contribution in [0.25, 0.3) is 81.3 Å². The van der Waals surface area contributed by atoms with Gasteiger partial charge in [-0.2, -0.15) is 0 Å². The molecule has 1 aliphatic heterocycles. The van der Waals surface area contributed by atoms with Crippen molar-refractivity contribution in [1.29, 1.82) is 0 Å². The zero-order valence-electron chi connectivity index (χ0n) is 29.6. The Bertz CT molecular complexity index is 3350. The molecule has 4 nitrogen and oxygen atoms in total. The Balaban J connectivity index is 1.14. The standard InChI is InChI=1S/C50H32N4S/c1-3-13-31(14-4-1)34-24-26-46-41(28-34)48-50(55-46)52-47(35-23-25-44-39(29-35)37-19-9-11-21-42(37)53(44)36-17-5-2-6-18-36)49(51-48)54-43-22-12-10-20-38(43)40-27-32-15-7-8-16-33(32)30-45(40)54/h1-30,49,51H. The van der Waals surface area contributed by atoms with Gasteiger partial charge in [-0.1, -0.05) is 121 Å². The number of benzene rings is 8. The molecule has 1 unspecified atom stereocenters. The Morgan fingerprint density at radius 2 is 1.07 bits per heavy atom. The quantitative estimate of drug-likeness (QED) is 0.193. The van der Waals surface area contributed by atoms with E-state index in [1.165, 1.54) is 75.6 Å². The molecule has 1 atom stereocenters. The first-order valence-electron chi connectivity index (χ1n) is 18.7. The van der Waals surface area contributed by atoms with Gasteiger partial charge in [-0.25, -0.2) is 4.99 Å². The van der Waals surface area contributed by atoms with Crippen LogP contribution in [0, 0.1) is 0 Å². The predicted molar refractivity (Wildman–Crippen MR) is 234 cm³/mol. The number of para-hydroxylation sites is 3. The summed E-state index contributed by atoms with van der Waals surface area (Å²) in [5.41, 5.74) is 11.5. The summed E-state index contributed by atoms with van der Waals surface area (Å²) in [6, 6.07) is 66.0. The molecule has 1 aliphatic rings. The number of aromatic nitrogens is 2. The van der Waals surface area contributed by atoms with Crippen LogP contribution >= 0.6 is 11.3 Å². The Hall–Kier alpha value is -6.95. The number of rotatable bonds is 4. The molecule has 0 saturated carbocycles. The molecule has 258 valence electrons. The van der Waals surface area contributed by atoms with Crippen LogP contribution in [0.2, 0.25) is 0 Å². The summed E-state index contributed by atoms with van der Waals surface area (Å²) in [6.07, 6.45) is -0.283. The number of nitrogens with one attached hydrogen (secondary N) is 1. The van der Waals surface area contributed by atoms with Gasteiger partial charge in [-0.3, -0.25) is 0 Å². The van der Waals surface area contributed by atoms with Crippen LogP contribution in [0.4, 0.5) is 10.7 Å². The predicted octanol–water partition coefficient (Wildman–Crippen LogP) is 13.7. The molecular weight excluding hydrogens is 689 g/mol. The van der Waals surface area contributed by atoms with Crippen molar-refractivity contribution in [2.75, 3.05) is 5.32 Å². The smallest absolute Gasteiger partial charge is 0.148 e. The third-order valence-corrected chi connectivity index (χ3v) is 12.4. The maximum atomic E-state index is 5.67. The zero-order chi connectivity index (χ0) is 36.0. The highest BCUT2D eigenvalue weighted by Gasteiger charge is 2.31. The number of hydrogen-bond acceptors (Lipinski definition) is 3. The lowest BCUT2D eigenvalue weighted by Crippen LogP contribution is -2.29. The average Bonchev–Trinajstić information content (AvgIpc) is 3.89. The van der Waals surface area contributed by atoms with Gasteiger partial charge in [0.1, 0.15) is 11.2 Å². The van der Waals surface area contributed by atoms with Crippen LogP contribution in [0.3, 0.4) is 0 Å². The molecule has 0 aliphatic carbocycles. The number of anilines is 1. The van der Waals surface area contributed by atoms with Crippen molar-refractivity contribution in [3.63, 3.8) is 0 Å². The first kappa shape index (κ1) is 30.5. The van der Waals surface area contributed by atoms with Gasteiger partial charge in [0.05, 0.1) is 33.5 Å². The lowest BCUT2D eigenvalue weighted by Gasteiger charge is -2.29. The number of fused-ring (bicyclic) bond motifs is 10. The molecule has 3 aromatic heterocycles. The summed E-state index contributed by atoms with van der Waals surface area (Å²) >= 11 is 1.75. The summed E-state index contributed by atoms with van der Waals surface area (Å²) in [7, 11) is 0. The fraction of sp³-hybridized carbons (Fsp3) is 0.0200. The summed E-state index contributed by atoms with van der Waals surface area (Å²) in [5, 5.41) is 13.7. The molecule has 55 heavy (non-hydrogen) atoms. The van der Waals surface area contributed by atoms with E-state index in [0.29, 0.717) is 0 Å². The van der Waals surface area contributed by atoms with Gasteiger partial charge in [0.25, 0.3) is 0 Å². The molecule has 0 radical (unpaired) electrons. The lowest BCUT2D eigenvalue weighted by atomic mass is 10.0. The fourth-order valence-electron chi connectivity index (χ4n) is 8.85. The third-order valence-electron chi connectivity index (χ3n) is 11.4. The molecule has 4 heterocycles. The van der Waals surface area contributed by atoms with Crippen molar-refractivity contribution in [2.45, 2.75) is 6.17 Å². The van der Waals surface area contributed by atoms with Gasteiger partial charge in [0, 0.05) is 42.9 Å². The van der Waals surface area contributed by atoms with Crippen molar-refractivity contribution < 1.29 is 0 Å². The SMILES string of the molecule is c1ccc(-c2ccc3sc4c(c3c2)NC(n2c3ccccc3c3cc5ccccc5cc32)C(c2ccc3c(c2)c2ccccc2n3-c2ccccc2)=N4)cc1. The highest BCUT2D eigenvalue weighted by molar-refractivity contribution is 7.23. The van der Waals surface area contributed by atoms with Crippen LogP contribution in [-0.2, 0) is 0 Å². The molecule has 0 fully saturated rings. The van der Waals surface area contributed by atoms with E-state index < -0.39 is 0 Å². The van der Waals surface area contributed by atoms with Gasteiger partial charge < -0.3 is 14.5 Å². The molecule has 0 saturated heterocycles. The second-order valence-corrected chi connectivity index (χ2v) is 15.5. The molecule has 11 aromatic rings. The zero-order valence-corrected chi connectivity index (χ0v) is 30.5. The highest BCUT2D eigenvalue weighted by Crippen LogP contribution is 2.49. The molecule has 1 N–H and O–H groups in total. The Morgan fingerprint density at radius 3 is 1.89 bits per heavy atom. The van der Waals surface area contributed by atoms with Crippen molar-refractivity contribution in [3.8, 4) is 16.8 Å². The van der Waals surface area contributed by atoms with Crippen LogP contribution in [-0.4, -0.2) is 14.8 Å². The summed E-state index contributed by atoms with van der Waals surface area (Å²) < 4.78 is 6.08. The molecule has 12 rings (SSSR count). The number of nitrogens with zero attached hydrogens (tertiary/aromatic N) is 3. The van der Waals surface area contributed by atoms with E-state index >= 15 is 0 Å². The maximum Gasteiger partial charge on any atom is 0.148 e. The third kappa shape index (κ3) is 4.60. The second-order valence-electron chi connectivity index (χ2n) is 14.4. The maximum absolute atomic E-state index is 5.67. The van der Waals surface area contributed by atoms with Gasteiger partial charge in [0.2, 0.25) is 0 Å². The molecular formula is C50H32N4S. The monoisotopic (exact) mass is 720 g/mol. The largest absolute Gasteiger partial charge is 0.357 e. The van der Waals surface area contributed by atoms with Gasteiger partial charge in [-0.05, 0) is 82.6 Å². The number of thiophene rings is 1. The van der Waals surface area contributed by atoms with Gasteiger partial charge in [0.15, 0.2) is 0 Å².